The van der Waals surface area contributed by atoms with E-state index in [1.54, 1.807) is 18.5 Å². The Morgan fingerprint density at radius 2 is 1.87 bits per heavy atom. The van der Waals surface area contributed by atoms with Crippen LogP contribution < -0.4 is 0 Å². The first-order chi connectivity index (χ1) is 18.9. The lowest BCUT2D eigenvalue weighted by molar-refractivity contribution is 0.624. The average Bonchev–Trinajstić information content (AvgIpc) is 2.96. The molecule has 0 radical (unpaired) electrons. The van der Waals surface area contributed by atoms with Crippen molar-refractivity contribution in [1.29, 1.82) is 5.41 Å². The van der Waals surface area contributed by atoms with E-state index in [2.05, 4.69) is 22.7 Å². The molecule has 1 unspecified atom stereocenters. The van der Waals surface area contributed by atoms with Crippen LogP contribution in [0.3, 0.4) is 0 Å². The molecule has 3 heterocycles. The number of halogens is 2. The number of allylic oxidation sites excluding steroid dienone is 2. The zero-order valence-electron chi connectivity index (χ0n) is 23.1. The summed E-state index contributed by atoms with van der Waals surface area (Å²) < 4.78 is 14.9. The number of nitrogens with zero attached hydrogens (tertiary/aromatic N) is 3. The predicted octanol–water partition coefficient (Wildman–Crippen LogP) is 9.60. The Morgan fingerprint density at radius 1 is 1.08 bits per heavy atom. The lowest BCUT2D eigenvalue weighted by atomic mass is 9.93. The van der Waals surface area contributed by atoms with E-state index in [1.165, 1.54) is 24.8 Å². The molecule has 0 fully saturated rings. The molecule has 39 heavy (non-hydrogen) atoms. The van der Waals surface area contributed by atoms with Crippen molar-refractivity contribution in [2.75, 3.05) is 6.16 Å². The zero-order chi connectivity index (χ0) is 28.4. The van der Waals surface area contributed by atoms with Gasteiger partial charge in [0.1, 0.15) is 5.82 Å². The highest BCUT2D eigenvalue weighted by Gasteiger charge is 2.18. The zero-order valence-corrected chi connectivity index (χ0v) is 24.9. The van der Waals surface area contributed by atoms with Gasteiger partial charge in [-0.05, 0) is 80.0 Å². The molecule has 202 valence electrons. The molecule has 1 aromatic carbocycles. The number of nitrogens with one attached hydrogen (secondary N) is 1. The molecule has 0 spiro atoms. The van der Waals surface area contributed by atoms with Gasteiger partial charge in [-0.1, -0.05) is 59.3 Å². The summed E-state index contributed by atoms with van der Waals surface area (Å²) in [6.07, 6.45) is 8.35. The molecule has 1 N–H and O–H groups in total. The molecule has 0 aliphatic rings. The number of hydrogen-bond acceptors (Lipinski definition) is 4. The van der Waals surface area contributed by atoms with Crippen LogP contribution >= 0.6 is 20.2 Å². The summed E-state index contributed by atoms with van der Waals surface area (Å²) in [6.45, 7) is 10.0. The van der Waals surface area contributed by atoms with Crippen molar-refractivity contribution in [3.8, 4) is 0 Å². The minimum absolute atomic E-state index is 0.359. The number of rotatable bonds is 9. The summed E-state index contributed by atoms with van der Waals surface area (Å²) in [7, 11) is 0.657. The minimum Gasteiger partial charge on any atom is -0.308 e. The lowest BCUT2D eigenvalue weighted by Crippen LogP contribution is -2.02. The third-order valence-corrected chi connectivity index (χ3v) is 7.56. The smallest absolute Gasteiger partial charge is 0.130 e. The van der Waals surface area contributed by atoms with Crippen molar-refractivity contribution in [3.63, 3.8) is 0 Å². The van der Waals surface area contributed by atoms with Crippen molar-refractivity contribution >= 4 is 54.1 Å². The van der Waals surface area contributed by atoms with Crippen LogP contribution in [0.2, 0.25) is 5.02 Å². The molecule has 3 aromatic heterocycles. The Balaban J connectivity index is 0.00000205. The van der Waals surface area contributed by atoms with Gasteiger partial charge < -0.3 is 5.41 Å². The summed E-state index contributed by atoms with van der Waals surface area (Å²) in [6, 6.07) is 14.2. The Hall–Kier alpha value is -3.27. The van der Waals surface area contributed by atoms with Crippen LogP contribution in [0.4, 0.5) is 4.39 Å². The summed E-state index contributed by atoms with van der Waals surface area (Å²) in [5.74, 6) is 1.76. The molecule has 7 heteroatoms. The number of hydrogen-bond donors (Lipinski definition) is 1. The van der Waals surface area contributed by atoms with Gasteiger partial charge in [0.25, 0.3) is 0 Å². The summed E-state index contributed by atoms with van der Waals surface area (Å²) in [5, 5.41) is 8.38. The third-order valence-electron chi connectivity index (χ3n) is 6.17. The second-order valence-electron chi connectivity index (χ2n) is 8.80. The molecular weight excluding hydrogens is 526 g/mol. The van der Waals surface area contributed by atoms with Crippen LogP contribution in [0.15, 0.2) is 66.7 Å². The van der Waals surface area contributed by atoms with Crippen molar-refractivity contribution < 1.29 is 4.39 Å². The second-order valence-corrected chi connectivity index (χ2v) is 10.4. The lowest BCUT2D eigenvalue weighted by Gasteiger charge is -2.16. The van der Waals surface area contributed by atoms with Gasteiger partial charge in [0.2, 0.25) is 0 Å². The summed E-state index contributed by atoms with van der Waals surface area (Å²) >= 11 is 6.23. The first-order valence-electron chi connectivity index (χ1n) is 13.2. The van der Waals surface area contributed by atoms with Crippen LogP contribution in [-0.4, -0.2) is 27.3 Å². The topological polar surface area (TPSA) is 62.5 Å². The van der Waals surface area contributed by atoms with E-state index in [0.29, 0.717) is 36.0 Å². The number of benzene rings is 1. The van der Waals surface area contributed by atoms with Crippen LogP contribution in [0.5, 0.6) is 0 Å². The molecule has 0 saturated heterocycles. The highest BCUT2D eigenvalue weighted by molar-refractivity contribution is 7.42. The SMILES string of the molecule is CC.CCCCP/C=C(\C=N)c1cnc2ccc(/C(=C(/C)c3cc(Cl)ccc3F)c3ncccc3C)nc2c1. The van der Waals surface area contributed by atoms with Crippen molar-refractivity contribution in [2.45, 2.75) is 47.5 Å². The van der Waals surface area contributed by atoms with Gasteiger partial charge in [0.15, 0.2) is 0 Å². The van der Waals surface area contributed by atoms with E-state index in [1.807, 2.05) is 58.0 Å². The van der Waals surface area contributed by atoms with Gasteiger partial charge in [-0.2, -0.15) is 0 Å². The van der Waals surface area contributed by atoms with E-state index < -0.39 is 0 Å². The molecule has 0 saturated carbocycles. The van der Waals surface area contributed by atoms with Crippen LogP contribution in [0, 0.1) is 18.2 Å². The highest BCUT2D eigenvalue weighted by atomic mass is 35.5. The largest absolute Gasteiger partial charge is 0.308 e. The first kappa shape index (κ1) is 30.3. The maximum absolute atomic E-state index is 14.9. The quantitative estimate of drug-likeness (QED) is 0.126. The molecule has 1 atom stereocenters. The van der Waals surface area contributed by atoms with E-state index >= 15 is 0 Å². The average molecular weight is 561 g/mol. The van der Waals surface area contributed by atoms with Crippen LogP contribution in [-0.2, 0) is 0 Å². The number of unbranched alkanes of at least 4 members (excludes halogenated alkanes) is 1. The fourth-order valence-corrected chi connectivity index (χ4v) is 5.47. The summed E-state index contributed by atoms with van der Waals surface area (Å²) in [5.41, 5.74) is 7.31. The van der Waals surface area contributed by atoms with Gasteiger partial charge in [-0.15, -0.1) is 0 Å². The Morgan fingerprint density at radius 3 is 2.59 bits per heavy atom. The second kappa shape index (κ2) is 14.8. The molecule has 4 aromatic rings. The predicted molar refractivity (Wildman–Crippen MR) is 168 cm³/mol. The molecule has 4 rings (SSSR count). The minimum atomic E-state index is -0.359. The van der Waals surface area contributed by atoms with Gasteiger partial charge in [0, 0.05) is 45.9 Å². The van der Waals surface area contributed by atoms with E-state index in [9.17, 15) is 4.39 Å². The normalized spacial score (nSPS) is 12.3. The standard InChI is InChI=1S/C30H29ClFN4P.C2H6/c1-4-5-13-37-18-22(16-33)21-14-28-26(35-17-21)10-11-27(36-28)29(30-19(2)7-6-12-34-30)20(3)24-15-23(31)8-9-25(24)32;1-2/h6-12,14-18,33,37H,4-5,13H2,1-3H3;1-2H3/b22-18+,29-20+,33-16?;. The molecule has 4 nitrogen and oxygen atoms in total. The van der Waals surface area contributed by atoms with Crippen molar-refractivity contribution in [3.05, 3.63) is 106 Å². The molecule has 0 aliphatic heterocycles. The van der Waals surface area contributed by atoms with E-state index in [4.69, 9.17) is 22.0 Å². The molecular formula is C32H35ClFN4P. The van der Waals surface area contributed by atoms with Gasteiger partial charge >= 0.3 is 0 Å². The van der Waals surface area contributed by atoms with Crippen LogP contribution in [0.25, 0.3) is 27.8 Å². The van der Waals surface area contributed by atoms with Crippen LogP contribution in [0.1, 0.15) is 68.6 Å². The fourth-order valence-electron chi connectivity index (χ4n) is 4.13. The summed E-state index contributed by atoms with van der Waals surface area (Å²) in [4.78, 5) is 14.2. The highest BCUT2D eigenvalue weighted by Crippen LogP contribution is 2.34. The number of pyridine rings is 3. The van der Waals surface area contributed by atoms with E-state index in [0.717, 1.165) is 46.1 Å². The third kappa shape index (κ3) is 7.44. The van der Waals surface area contributed by atoms with E-state index in [-0.39, 0.29) is 5.82 Å². The Labute approximate surface area is 237 Å². The molecule has 0 amide bonds. The maximum atomic E-state index is 14.9. The monoisotopic (exact) mass is 560 g/mol. The molecule has 0 bridgehead atoms. The van der Waals surface area contributed by atoms with Crippen molar-refractivity contribution in [1.82, 2.24) is 15.0 Å². The van der Waals surface area contributed by atoms with Crippen molar-refractivity contribution in [2.24, 2.45) is 0 Å². The molecule has 0 aliphatic carbocycles. The Kier molecular flexibility index (Phi) is 11.5. The number of fused-ring (bicyclic) bond motifs is 1. The van der Waals surface area contributed by atoms with Gasteiger partial charge in [-0.25, -0.2) is 9.37 Å². The van der Waals surface area contributed by atoms with Gasteiger partial charge in [-0.3, -0.25) is 9.97 Å². The number of aromatic nitrogens is 3. The fraction of sp³-hybridized carbons (Fsp3) is 0.250. The maximum Gasteiger partial charge on any atom is 0.130 e. The first-order valence-corrected chi connectivity index (χ1v) is 14.9. The number of aryl methyl sites for hydroxylation is 1. The van der Waals surface area contributed by atoms with Gasteiger partial charge in [0.05, 0.1) is 22.4 Å². The Bertz CT molecular complexity index is 1510.